The summed E-state index contributed by atoms with van der Waals surface area (Å²) in [5.41, 5.74) is 1.81. The molecule has 0 spiro atoms. The van der Waals surface area contributed by atoms with E-state index in [0.29, 0.717) is 13.2 Å². The van der Waals surface area contributed by atoms with Gasteiger partial charge in [0.25, 0.3) is 0 Å². The Morgan fingerprint density at radius 2 is 2.14 bits per heavy atom. The monoisotopic (exact) mass is 291 g/mol. The van der Waals surface area contributed by atoms with Gasteiger partial charge in [0, 0.05) is 39.0 Å². The van der Waals surface area contributed by atoms with Crippen LogP contribution in [0.4, 0.5) is 5.69 Å². The van der Waals surface area contributed by atoms with Crippen molar-refractivity contribution >= 4 is 11.6 Å². The lowest BCUT2D eigenvalue weighted by atomic mass is 9.96. The van der Waals surface area contributed by atoms with E-state index in [1.165, 1.54) is 5.56 Å². The van der Waals surface area contributed by atoms with Gasteiger partial charge in [0.05, 0.1) is 6.61 Å². The molecule has 0 radical (unpaired) electrons. The summed E-state index contributed by atoms with van der Waals surface area (Å²) in [6, 6.07) is 8.26. The molecule has 0 atom stereocenters. The van der Waals surface area contributed by atoms with Gasteiger partial charge in [0.1, 0.15) is 5.54 Å². The summed E-state index contributed by atoms with van der Waals surface area (Å²) in [7, 11) is 1.70. The Labute approximate surface area is 126 Å². The van der Waals surface area contributed by atoms with Crippen molar-refractivity contribution < 1.29 is 9.53 Å². The van der Waals surface area contributed by atoms with Gasteiger partial charge in [-0.25, -0.2) is 0 Å². The summed E-state index contributed by atoms with van der Waals surface area (Å²) < 4.78 is 5.05. The second-order valence-electron chi connectivity index (χ2n) is 5.76. The number of amides is 1. The number of para-hydroxylation sites is 1. The number of benzene rings is 1. The first-order valence-electron chi connectivity index (χ1n) is 7.41. The van der Waals surface area contributed by atoms with Crippen molar-refractivity contribution in [3.63, 3.8) is 0 Å². The van der Waals surface area contributed by atoms with Gasteiger partial charge in [-0.1, -0.05) is 18.2 Å². The predicted molar refractivity (Wildman–Crippen MR) is 84.5 cm³/mol. The molecule has 0 bridgehead atoms. The van der Waals surface area contributed by atoms with Gasteiger partial charge in [0.2, 0.25) is 5.91 Å². The molecule has 5 nitrogen and oxygen atoms in total. The zero-order chi connectivity index (χ0) is 15.3. The molecule has 1 aliphatic heterocycles. The van der Waals surface area contributed by atoms with E-state index in [9.17, 15) is 4.79 Å². The molecule has 0 aliphatic carbocycles. The van der Waals surface area contributed by atoms with Gasteiger partial charge in [-0.15, -0.1) is 0 Å². The SMILES string of the molecule is COCCNCc1ccccc1N1CCNC(=O)C1(C)C. The average molecular weight is 291 g/mol. The summed E-state index contributed by atoms with van der Waals surface area (Å²) in [4.78, 5) is 14.3. The maximum absolute atomic E-state index is 12.1. The fourth-order valence-corrected chi connectivity index (χ4v) is 2.64. The molecule has 1 aliphatic rings. The van der Waals surface area contributed by atoms with Gasteiger partial charge in [0.15, 0.2) is 0 Å². The minimum Gasteiger partial charge on any atom is -0.383 e. The molecule has 1 aromatic carbocycles. The van der Waals surface area contributed by atoms with Crippen molar-refractivity contribution in [1.82, 2.24) is 10.6 Å². The van der Waals surface area contributed by atoms with E-state index in [2.05, 4.69) is 27.7 Å². The normalized spacial score (nSPS) is 17.7. The number of carbonyl (C=O) groups is 1. The fraction of sp³-hybridized carbons (Fsp3) is 0.562. The average Bonchev–Trinajstić information content (AvgIpc) is 2.47. The topological polar surface area (TPSA) is 53.6 Å². The molecule has 0 saturated carbocycles. The van der Waals surface area contributed by atoms with Crippen molar-refractivity contribution in [2.45, 2.75) is 25.9 Å². The fourth-order valence-electron chi connectivity index (χ4n) is 2.64. The largest absolute Gasteiger partial charge is 0.383 e. The van der Waals surface area contributed by atoms with Gasteiger partial charge >= 0.3 is 0 Å². The van der Waals surface area contributed by atoms with Crippen LogP contribution in [0.5, 0.6) is 0 Å². The maximum atomic E-state index is 12.1. The molecule has 116 valence electrons. The first-order chi connectivity index (χ1) is 10.1. The van der Waals surface area contributed by atoms with E-state index in [-0.39, 0.29) is 5.91 Å². The Hall–Kier alpha value is -1.59. The van der Waals surface area contributed by atoms with Crippen molar-refractivity contribution in [3.8, 4) is 0 Å². The molecule has 0 aromatic heterocycles. The number of ether oxygens (including phenoxy) is 1. The van der Waals surface area contributed by atoms with Gasteiger partial charge in [-0.2, -0.15) is 0 Å². The van der Waals surface area contributed by atoms with Crippen LogP contribution in [0, 0.1) is 0 Å². The van der Waals surface area contributed by atoms with Crippen molar-refractivity contribution in [2.75, 3.05) is 38.3 Å². The molecule has 21 heavy (non-hydrogen) atoms. The number of piperazine rings is 1. The van der Waals surface area contributed by atoms with Crippen LogP contribution in [0.3, 0.4) is 0 Å². The van der Waals surface area contributed by atoms with Crippen LogP contribution in [0.2, 0.25) is 0 Å². The standard InChI is InChI=1S/C16H25N3O2/c1-16(2)15(20)18-8-10-19(16)14-7-5-4-6-13(14)12-17-9-11-21-3/h4-7,17H,8-12H2,1-3H3,(H,18,20). The van der Waals surface area contributed by atoms with Gasteiger partial charge in [-0.05, 0) is 25.5 Å². The Bertz CT molecular complexity index is 488. The summed E-state index contributed by atoms with van der Waals surface area (Å²) in [5.74, 6) is 0.0795. The summed E-state index contributed by atoms with van der Waals surface area (Å²) in [6.07, 6.45) is 0. The van der Waals surface area contributed by atoms with E-state index < -0.39 is 5.54 Å². The summed E-state index contributed by atoms with van der Waals surface area (Å²) in [6.45, 7) is 7.73. The lowest BCUT2D eigenvalue weighted by molar-refractivity contribution is -0.126. The van der Waals surface area contributed by atoms with Crippen LogP contribution in [0.1, 0.15) is 19.4 Å². The minimum atomic E-state index is -0.527. The Morgan fingerprint density at radius 1 is 1.38 bits per heavy atom. The molecule has 2 rings (SSSR count). The number of carbonyl (C=O) groups excluding carboxylic acids is 1. The third-order valence-corrected chi connectivity index (χ3v) is 3.93. The highest BCUT2D eigenvalue weighted by molar-refractivity contribution is 5.90. The highest BCUT2D eigenvalue weighted by atomic mass is 16.5. The van der Waals surface area contributed by atoms with Crippen molar-refractivity contribution in [2.24, 2.45) is 0 Å². The lowest BCUT2D eigenvalue weighted by Crippen LogP contribution is -2.62. The van der Waals surface area contributed by atoms with Crippen LogP contribution >= 0.6 is 0 Å². The van der Waals surface area contributed by atoms with Gasteiger partial charge < -0.3 is 20.3 Å². The lowest BCUT2D eigenvalue weighted by Gasteiger charge is -2.43. The first-order valence-corrected chi connectivity index (χ1v) is 7.41. The Morgan fingerprint density at radius 3 is 2.90 bits per heavy atom. The molecule has 5 heteroatoms. The van der Waals surface area contributed by atoms with Crippen LogP contribution in [-0.2, 0) is 16.1 Å². The zero-order valence-corrected chi connectivity index (χ0v) is 13.1. The van der Waals surface area contributed by atoms with Crippen molar-refractivity contribution in [3.05, 3.63) is 29.8 Å². The van der Waals surface area contributed by atoms with Crippen LogP contribution in [-0.4, -0.2) is 44.8 Å². The maximum Gasteiger partial charge on any atom is 0.245 e. The number of methoxy groups -OCH3 is 1. The van der Waals surface area contributed by atoms with E-state index in [0.717, 1.165) is 25.3 Å². The molecule has 1 saturated heterocycles. The molecule has 2 N–H and O–H groups in total. The van der Waals surface area contributed by atoms with Gasteiger partial charge in [-0.3, -0.25) is 4.79 Å². The second kappa shape index (κ2) is 6.91. The number of hydrogen-bond acceptors (Lipinski definition) is 4. The molecular formula is C16H25N3O2. The molecule has 1 heterocycles. The van der Waals surface area contributed by atoms with E-state index in [4.69, 9.17) is 4.74 Å². The van der Waals surface area contributed by atoms with E-state index in [1.54, 1.807) is 7.11 Å². The number of nitrogens with one attached hydrogen (secondary N) is 2. The molecule has 1 fully saturated rings. The summed E-state index contributed by atoms with van der Waals surface area (Å²) >= 11 is 0. The van der Waals surface area contributed by atoms with E-state index >= 15 is 0 Å². The number of anilines is 1. The predicted octanol–water partition coefficient (Wildman–Crippen LogP) is 1.14. The quantitative estimate of drug-likeness (QED) is 0.772. The van der Waals surface area contributed by atoms with Crippen molar-refractivity contribution in [1.29, 1.82) is 0 Å². The molecule has 0 unspecified atom stereocenters. The number of nitrogens with zero attached hydrogens (tertiary/aromatic N) is 1. The summed E-state index contributed by atoms with van der Waals surface area (Å²) in [5, 5.41) is 6.31. The highest BCUT2D eigenvalue weighted by Crippen LogP contribution is 2.29. The third kappa shape index (κ3) is 3.54. The number of rotatable bonds is 6. The minimum absolute atomic E-state index is 0.0795. The number of hydrogen-bond donors (Lipinski definition) is 2. The van der Waals surface area contributed by atoms with E-state index in [1.807, 2.05) is 26.0 Å². The zero-order valence-electron chi connectivity index (χ0n) is 13.1. The second-order valence-corrected chi connectivity index (χ2v) is 5.76. The van der Waals surface area contributed by atoms with Crippen LogP contribution in [0.25, 0.3) is 0 Å². The molecule has 1 amide bonds. The molecular weight excluding hydrogens is 266 g/mol. The highest BCUT2D eigenvalue weighted by Gasteiger charge is 2.38. The molecule has 1 aromatic rings. The third-order valence-electron chi connectivity index (χ3n) is 3.93. The van der Waals surface area contributed by atoms with Crippen LogP contribution < -0.4 is 15.5 Å². The Balaban J connectivity index is 2.17. The Kier molecular flexibility index (Phi) is 5.20. The smallest absolute Gasteiger partial charge is 0.245 e. The first kappa shape index (κ1) is 15.8. The van der Waals surface area contributed by atoms with Crippen LogP contribution in [0.15, 0.2) is 24.3 Å².